The minimum atomic E-state index is -2.90. The van der Waals surface area contributed by atoms with Crippen LogP contribution in [0.25, 0.3) is 0 Å². The average Bonchev–Trinajstić information content (AvgIpc) is 2.67. The van der Waals surface area contributed by atoms with Gasteiger partial charge in [0.25, 0.3) is 0 Å². The van der Waals surface area contributed by atoms with Gasteiger partial charge < -0.3 is 16.2 Å². The lowest BCUT2D eigenvalue weighted by molar-refractivity contribution is 0.0698. The summed E-state index contributed by atoms with van der Waals surface area (Å²) in [5, 5.41) is 12.0. The number of hydrogen-bond donors (Lipinski definition) is 3. The number of carboxylic acids is 1. The van der Waals surface area contributed by atoms with Gasteiger partial charge >= 0.3 is 5.97 Å². The molecule has 7 heteroatoms. The maximum Gasteiger partial charge on any atom is 0.337 e. The van der Waals surface area contributed by atoms with E-state index in [0.29, 0.717) is 18.7 Å². The molecule has 0 saturated carbocycles. The van der Waals surface area contributed by atoms with Gasteiger partial charge in [-0.25, -0.2) is 13.2 Å². The average molecular weight is 284 g/mol. The van der Waals surface area contributed by atoms with Crippen molar-refractivity contribution in [1.82, 2.24) is 0 Å². The first-order valence-corrected chi connectivity index (χ1v) is 7.77. The molecule has 1 saturated heterocycles. The molecule has 1 fully saturated rings. The second kappa shape index (κ2) is 5.08. The molecule has 0 aliphatic carbocycles. The van der Waals surface area contributed by atoms with Crippen molar-refractivity contribution in [2.45, 2.75) is 6.42 Å². The zero-order valence-corrected chi connectivity index (χ0v) is 11.1. The van der Waals surface area contributed by atoms with Crippen molar-refractivity contribution in [3.63, 3.8) is 0 Å². The van der Waals surface area contributed by atoms with Gasteiger partial charge in [0.2, 0.25) is 0 Å². The van der Waals surface area contributed by atoms with Crippen molar-refractivity contribution in [3.05, 3.63) is 23.8 Å². The van der Waals surface area contributed by atoms with Gasteiger partial charge in [-0.05, 0) is 24.5 Å². The second-order valence-corrected chi connectivity index (χ2v) is 6.95. The lowest BCUT2D eigenvalue weighted by atomic mass is 10.1. The first kappa shape index (κ1) is 13.7. The fourth-order valence-electron chi connectivity index (χ4n) is 2.19. The van der Waals surface area contributed by atoms with Crippen LogP contribution in [0.5, 0.6) is 0 Å². The van der Waals surface area contributed by atoms with Gasteiger partial charge in [0, 0.05) is 6.54 Å². The van der Waals surface area contributed by atoms with Crippen molar-refractivity contribution in [2.75, 3.05) is 29.1 Å². The van der Waals surface area contributed by atoms with Gasteiger partial charge in [-0.3, -0.25) is 0 Å². The number of sulfone groups is 1. The van der Waals surface area contributed by atoms with E-state index in [1.807, 2.05) is 0 Å². The summed E-state index contributed by atoms with van der Waals surface area (Å²) < 4.78 is 22.7. The van der Waals surface area contributed by atoms with Crippen LogP contribution < -0.4 is 11.1 Å². The maximum atomic E-state index is 11.3. The van der Waals surface area contributed by atoms with Crippen LogP contribution in [0.15, 0.2) is 18.2 Å². The number of nitrogens with two attached hydrogens (primary N) is 1. The van der Waals surface area contributed by atoms with E-state index in [-0.39, 0.29) is 28.7 Å². The molecule has 0 amide bonds. The van der Waals surface area contributed by atoms with E-state index in [0.717, 1.165) is 0 Å². The van der Waals surface area contributed by atoms with E-state index < -0.39 is 15.8 Å². The van der Waals surface area contributed by atoms with Crippen molar-refractivity contribution < 1.29 is 18.3 Å². The largest absolute Gasteiger partial charge is 0.478 e. The Kier molecular flexibility index (Phi) is 3.66. The van der Waals surface area contributed by atoms with Crippen LogP contribution in [0.1, 0.15) is 16.8 Å². The minimum Gasteiger partial charge on any atom is -0.478 e. The molecular formula is C12H16N2O4S. The van der Waals surface area contributed by atoms with Gasteiger partial charge in [-0.2, -0.15) is 0 Å². The van der Waals surface area contributed by atoms with E-state index >= 15 is 0 Å². The SMILES string of the molecule is Nc1c(NCC2CCS(=O)(=O)C2)cccc1C(=O)O. The third kappa shape index (κ3) is 3.17. The van der Waals surface area contributed by atoms with Crippen molar-refractivity contribution in [1.29, 1.82) is 0 Å². The predicted molar refractivity (Wildman–Crippen MR) is 73.1 cm³/mol. The molecule has 104 valence electrons. The molecule has 0 bridgehead atoms. The van der Waals surface area contributed by atoms with E-state index in [4.69, 9.17) is 10.8 Å². The van der Waals surface area contributed by atoms with Crippen LogP contribution in [-0.2, 0) is 9.84 Å². The fraction of sp³-hybridized carbons (Fsp3) is 0.417. The highest BCUT2D eigenvalue weighted by Crippen LogP contribution is 2.24. The zero-order valence-electron chi connectivity index (χ0n) is 10.3. The van der Waals surface area contributed by atoms with E-state index in [2.05, 4.69) is 5.32 Å². The molecule has 1 heterocycles. The second-order valence-electron chi connectivity index (χ2n) is 4.72. The van der Waals surface area contributed by atoms with Crippen LogP contribution >= 0.6 is 0 Å². The number of carboxylic acid groups (broad SMARTS) is 1. The molecular weight excluding hydrogens is 268 g/mol. The predicted octanol–water partition coefficient (Wildman–Crippen LogP) is 0.814. The molecule has 6 nitrogen and oxygen atoms in total. The minimum absolute atomic E-state index is 0.0454. The van der Waals surface area contributed by atoms with Crippen LogP contribution in [-0.4, -0.2) is 37.5 Å². The van der Waals surface area contributed by atoms with E-state index in [1.165, 1.54) is 6.07 Å². The molecule has 1 unspecified atom stereocenters. The highest BCUT2D eigenvalue weighted by atomic mass is 32.2. The lowest BCUT2D eigenvalue weighted by Crippen LogP contribution is -2.17. The summed E-state index contributed by atoms with van der Waals surface area (Å²) in [6.45, 7) is 0.479. The van der Waals surface area contributed by atoms with Crippen molar-refractivity contribution in [3.8, 4) is 0 Å². The van der Waals surface area contributed by atoms with Gasteiger partial charge in [0.1, 0.15) is 0 Å². The Bertz CT molecular complexity index is 598. The molecule has 0 radical (unpaired) electrons. The number of aromatic carboxylic acids is 1. The number of nitrogen functional groups attached to an aromatic ring is 1. The van der Waals surface area contributed by atoms with Gasteiger partial charge in [0.15, 0.2) is 9.84 Å². The number of para-hydroxylation sites is 1. The molecule has 4 N–H and O–H groups in total. The van der Waals surface area contributed by atoms with Gasteiger partial charge in [-0.1, -0.05) is 6.07 Å². The van der Waals surface area contributed by atoms with Gasteiger partial charge in [0.05, 0.1) is 28.4 Å². The standard InChI is InChI=1S/C12H16N2O4S/c13-11-9(12(15)16)2-1-3-10(11)14-6-8-4-5-19(17,18)7-8/h1-3,8,14H,4-7,13H2,(H,15,16). The number of rotatable bonds is 4. The highest BCUT2D eigenvalue weighted by Gasteiger charge is 2.27. The normalized spacial score (nSPS) is 21.2. The van der Waals surface area contributed by atoms with Gasteiger partial charge in [-0.15, -0.1) is 0 Å². The summed E-state index contributed by atoms with van der Waals surface area (Å²) in [4.78, 5) is 10.9. The summed E-state index contributed by atoms with van der Waals surface area (Å²) in [5.41, 5.74) is 6.51. The number of benzene rings is 1. The summed E-state index contributed by atoms with van der Waals surface area (Å²) in [6.07, 6.45) is 0.633. The van der Waals surface area contributed by atoms with Crippen LogP contribution in [0.2, 0.25) is 0 Å². The van der Waals surface area contributed by atoms with Crippen LogP contribution in [0.3, 0.4) is 0 Å². The Morgan fingerprint density at radius 3 is 2.79 bits per heavy atom. The Morgan fingerprint density at radius 1 is 1.47 bits per heavy atom. The molecule has 0 aromatic heterocycles. The van der Waals surface area contributed by atoms with Crippen molar-refractivity contribution >= 4 is 27.2 Å². The van der Waals surface area contributed by atoms with Crippen molar-refractivity contribution in [2.24, 2.45) is 5.92 Å². The molecule has 1 atom stereocenters. The van der Waals surface area contributed by atoms with E-state index in [9.17, 15) is 13.2 Å². The fourth-order valence-corrected chi connectivity index (χ4v) is 4.06. The number of anilines is 2. The molecule has 1 aliphatic heterocycles. The first-order valence-electron chi connectivity index (χ1n) is 5.95. The van der Waals surface area contributed by atoms with Crippen LogP contribution in [0.4, 0.5) is 11.4 Å². The molecule has 19 heavy (non-hydrogen) atoms. The summed E-state index contributed by atoms with van der Waals surface area (Å²) in [5.74, 6) is -0.620. The lowest BCUT2D eigenvalue weighted by Gasteiger charge is -2.13. The Labute approximate surface area is 111 Å². The first-order chi connectivity index (χ1) is 8.89. The highest BCUT2D eigenvalue weighted by molar-refractivity contribution is 7.91. The Hall–Kier alpha value is -1.76. The molecule has 1 aromatic rings. The Balaban J connectivity index is 2.05. The van der Waals surface area contributed by atoms with Crippen LogP contribution in [0, 0.1) is 5.92 Å². The Morgan fingerprint density at radius 2 is 2.21 bits per heavy atom. The summed E-state index contributed by atoms with van der Waals surface area (Å²) >= 11 is 0. The third-order valence-electron chi connectivity index (χ3n) is 3.24. The monoisotopic (exact) mass is 284 g/mol. The third-order valence-corrected chi connectivity index (χ3v) is 5.08. The zero-order chi connectivity index (χ0) is 14.0. The molecule has 0 spiro atoms. The smallest absolute Gasteiger partial charge is 0.337 e. The summed E-state index contributed by atoms with van der Waals surface area (Å²) in [6, 6.07) is 4.72. The molecule has 2 rings (SSSR count). The number of carbonyl (C=O) groups is 1. The van der Waals surface area contributed by atoms with E-state index in [1.54, 1.807) is 12.1 Å². The summed E-state index contributed by atoms with van der Waals surface area (Å²) in [7, 11) is -2.90. The molecule has 1 aliphatic rings. The quantitative estimate of drug-likeness (QED) is 0.706. The number of hydrogen-bond acceptors (Lipinski definition) is 5. The maximum absolute atomic E-state index is 11.3. The topological polar surface area (TPSA) is 109 Å². The molecule has 1 aromatic carbocycles. The number of nitrogens with one attached hydrogen (secondary N) is 1.